The van der Waals surface area contributed by atoms with Crippen LogP contribution < -0.4 is 5.73 Å². The van der Waals surface area contributed by atoms with Crippen LogP contribution in [0.25, 0.3) is 0 Å². The monoisotopic (exact) mass is 248 g/mol. The Morgan fingerprint density at radius 1 is 1.06 bits per heavy atom. The van der Waals surface area contributed by atoms with Crippen LogP contribution in [0.3, 0.4) is 0 Å². The second-order valence-electron chi connectivity index (χ2n) is 5.24. The van der Waals surface area contributed by atoms with Gasteiger partial charge in [0.25, 0.3) is 0 Å². The van der Waals surface area contributed by atoms with Crippen molar-refractivity contribution in [2.24, 2.45) is 5.73 Å². The Kier molecular flexibility index (Phi) is 5.83. The fourth-order valence-corrected chi connectivity index (χ4v) is 2.28. The van der Waals surface area contributed by atoms with E-state index in [2.05, 4.69) is 56.9 Å². The minimum atomic E-state index is 0.109. The van der Waals surface area contributed by atoms with Crippen molar-refractivity contribution < 1.29 is 0 Å². The summed E-state index contributed by atoms with van der Waals surface area (Å²) in [6.07, 6.45) is 2.19. The number of aryl methyl sites for hydroxylation is 1. The van der Waals surface area contributed by atoms with E-state index in [0.29, 0.717) is 6.54 Å². The molecule has 0 aliphatic heterocycles. The molecule has 0 aliphatic rings. The molecule has 18 heavy (non-hydrogen) atoms. The Morgan fingerprint density at radius 3 is 2.00 bits per heavy atom. The Hall–Kier alpha value is -0.860. The van der Waals surface area contributed by atoms with Crippen molar-refractivity contribution in [2.75, 3.05) is 13.1 Å². The summed E-state index contributed by atoms with van der Waals surface area (Å²) >= 11 is 0. The van der Waals surface area contributed by atoms with E-state index in [4.69, 9.17) is 5.73 Å². The van der Waals surface area contributed by atoms with E-state index in [9.17, 15) is 0 Å². The first-order valence-corrected chi connectivity index (χ1v) is 7.12. The fraction of sp³-hybridized carbons (Fsp3) is 0.625. The van der Waals surface area contributed by atoms with Gasteiger partial charge in [-0.15, -0.1) is 0 Å². The van der Waals surface area contributed by atoms with Crippen LogP contribution in [0.5, 0.6) is 0 Å². The lowest BCUT2D eigenvalue weighted by Crippen LogP contribution is -2.50. The maximum atomic E-state index is 5.95. The van der Waals surface area contributed by atoms with Crippen LogP contribution in [0.4, 0.5) is 0 Å². The van der Waals surface area contributed by atoms with Gasteiger partial charge in [-0.2, -0.15) is 0 Å². The van der Waals surface area contributed by atoms with Gasteiger partial charge in [0.1, 0.15) is 0 Å². The van der Waals surface area contributed by atoms with Gasteiger partial charge in [0.15, 0.2) is 0 Å². The van der Waals surface area contributed by atoms with Gasteiger partial charge in [-0.3, -0.25) is 4.90 Å². The van der Waals surface area contributed by atoms with Crippen molar-refractivity contribution in [1.82, 2.24) is 4.90 Å². The minimum absolute atomic E-state index is 0.109. The average Bonchev–Trinajstić information content (AvgIpc) is 2.44. The molecule has 102 valence electrons. The molecule has 2 N–H and O–H groups in total. The highest BCUT2D eigenvalue weighted by molar-refractivity contribution is 5.22. The quantitative estimate of drug-likeness (QED) is 0.803. The van der Waals surface area contributed by atoms with Gasteiger partial charge >= 0.3 is 0 Å². The van der Waals surface area contributed by atoms with Crippen LogP contribution in [0, 0.1) is 0 Å². The number of hydrogen-bond donors (Lipinski definition) is 1. The number of rotatable bonds is 7. The third-order valence-corrected chi connectivity index (χ3v) is 4.15. The van der Waals surface area contributed by atoms with Gasteiger partial charge in [-0.25, -0.2) is 0 Å². The summed E-state index contributed by atoms with van der Waals surface area (Å²) in [7, 11) is 0. The molecule has 1 rings (SSSR count). The van der Waals surface area contributed by atoms with Gasteiger partial charge in [0.2, 0.25) is 0 Å². The van der Waals surface area contributed by atoms with E-state index in [0.717, 1.165) is 25.9 Å². The predicted octanol–water partition coefficient (Wildman–Crippen LogP) is 3.20. The van der Waals surface area contributed by atoms with Crippen molar-refractivity contribution in [3.63, 3.8) is 0 Å². The maximum Gasteiger partial charge on any atom is 0.0304 e. The number of hydrogen-bond acceptors (Lipinski definition) is 2. The van der Waals surface area contributed by atoms with E-state index < -0.39 is 0 Å². The van der Waals surface area contributed by atoms with Crippen molar-refractivity contribution in [3.8, 4) is 0 Å². The fourth-order valence-electron chi connectivity index (χ4n) is 2.28. The van der Waals surface area contributed by atoms with Gasteiger partial charge in [-0.1, -0.05) is 45.0 Å². The van der Waals surface area contributed by atoms with Crippen LogP contribution >= 0.6 is 0 Å². The van der Waals surface area contributed by atoms with Gasteiger partial charge in [0, 0.05) is 18.6 Å². The summed E-state index contributed by atoms with van der Waals surface area (Å²) in [5, 5.41) is 0. The molecule has 1 unspecified atom stereocenters. The summed E-state index contributed by atoms with van der Waals surface area (Å²) in [6, 6.07) is 8.95. The molecule has 1 atom stereocenters. The Balaban J connectivity index is 2.78. The smallest absolute Gasteiger partial charge is 0.0304 e. The lowest BCUT2D eigenvalue weighted by atomic mass is 9.95. The predicted molar refractivity (Wildman–Crippen MR) is 79.7 cm³/mol. The summed E-state index contributed by atoms with van der Waals surface area (Å²) in [6.45, 7) is 11.6. The zero-order valence-electron chi connectivity index (χ0n) is 12.4. The normalized spacial score (nSPS) is 14.8. The molecule has 0 aromatic heterocycles. The molecule has 1 aromatic carbocycles. The summed E-state index contributed by atoms with van der Waals surface area (Å²) in [5.74, 6) is 0. The molecule has 2 heteroatoms. The van der Waals surface area contributed by atoms with Crippen LogP contribution in [0.1, 0.15) is 45.2 Å². The first kappa shape index (κ1) is 15.2. The van der Waals surface area contributed by atoms with Crippen molar-refractivity contribution in [3.05, 3.63) is 35.4 Å². The molecule has 0 bridgehead atoms. The van der Waals surface area contributed by atoms with Crippen LogP contribution in [0.15, 0.2) is 24.3 Å². The molecule has 0 heterocycles. The van der Waals surface area contributed by atoms with Crippen LogP contribution in [-0.2, 0) is 13.0 Å². The third-order valence-electron chi connectivity index (χ3n) is 4.15. The summed E-state index contributed by atoms with van der Waals surface area (Å²) in [4.78, 5) is 2.48. The maximum absolute atomic E-state index is 5.95. The number of benzene rings is 1. The summed E-state index contributed by atoms with van der Waals surface area (Å²) < 4.78 is 0. The second-order valence-corrected chi connectivity index (χ2v) is 5.24. The standard InChI is InChI=1S/C16H28N2/c1-5-14-8-10-15(11-9-14)12-18(7-3)16(4,6-2)13-17/h8-11H,5-7,12-13,17H2,1-4H3. The van der Waals surface area contributed by atoms with Crippen LogP contribution in [-0.4, -0.2) is 23.5 Å². The molecule has 1 aromatic rings. The molecular weight excluding hydrogens is 220 g/mol. The molecule has 0 saturated carbocycles. The van der Waals surface area contributed by atoms with E-state index in [1.807, 2.05) is 0 Å². The lowest BCUT2D eigenvalue weighted by Gasteiger charge is -2.39. The average molecular weight is 248 g/mol. The molecule has 0 fully saturated rings. The zero-order chi connectivity index (χ0) is 13.6. The molecule has 0 saturated heterocycles. The molecule has 0 radical (unpaired) electrons. The van der Waals surface area contributed by atoms with Gasteiger partial charge in [-0.05, 0) is 37.4 Å². The minimum Gasteiger partial charge on any atom is -0.329 e. The molecular formula is C16H28N2. The highest BCUT2D eigenvalue weighted by Crippen LogP contribution is 2.20. The molecule has 0 spiro atoms. The molecule has 0 amide bonds. The first-order valence-electron chi connectivity index (χ1n) is 7.12. The lowest BCUT2D eigenvalue weighted by molar-refractivity contribution is 0.104. The van der Waals surface area contributed by atoms with Crippen molar-refractivity contribution in [1.29, 1.82) is 0 Å². The Bertz CT molecular complexity index is 339. The van der Waals surface area contributed by atoms with Crippen molar-refractivity contribution >= 4 is 0 Å². The highest BCUT2D eigenvalue weighted by atomic mass is 15.2. The van der Waals surface area contributed by atoms with E-state index in [1.54, 1.807) is 0 Å². The summed E-state index contributed by atoms with van der Waals surface area (Å²) in [5.41, 5.74) is 8.84. The largest absolute Gasteiger partial charge is 0.329 e. The van der Waals surface area contributed by atoms with E-state index in [-0.39, 0.29) is 5.54 Å². The third kappa shape index (κ3) is 3.56. The van der Waals surface area contributed by atoms with Gasteiger partial charge in [0.05, 0.1) is 0 Å². The molecule has 2 nitrogen and oxygen atoms in total. The van der Waals surface area contributed by atoms with Crippen LogP contribution in [0.2, 0.25) is 0 Å². The Morgan fingerprint density at radius 2 is 1.61 bits per heavy atom. The van der Waals surface area contributed by atoms with Gasteiger partial charge < -0.3 is 5.73 Å². The number of likely N-dealkylation sites (N-methyl/N-ethyl adjacent to an activating group) is 1. The topological polar surface area (TPSA) is 29.3 Å². The number of nitrogens with zero attached hydrogens (tertiary/aromatic N) is 1. The molecule has 0 aliphatic carbocycles. The van der Waals surface area contributed by atoms with Crippen molar-refractivity contribution in [2.45, 2.75) is 52.6 Å². The second kappa shape index (κ2) is 6.91. The highest BCUT2D eigenvalue weighted by Gasteiger charge is 2.27. The first-order chi connectivity index (χ1) is 8.59. The van der Waals surface area contributed by atoms with E-state index >= 15 is 0 Å². The van der Waals surface area contributed by atoms with E-state index in [1.165, 1.54) is 11.1 Å². The Labute approximate surface area is 112 Å². The zero-order valence-corrected chi connectivity index (χ0v) is 12.4. The number of nitrogens with two attached hydrogens (primary N) is 1. The SMILES string of the molecule is CCc1ccc(CN(CC)C(C)(CC)CN)cc1.